The molecule has 0 fully saturated rings. The quantitative estimate of drug-likeness (QED) is 0.626. The second-order valence-electron chi connectivity index (χ2n) is 5.38. The lowest BCUT2D eigenvalue weighted by Crippen LogP contribution is -2.22. The number of rotatable bonds is 5. The molecule has 3 N–H and O–H groups in total. The predicted octanol–water partition coefficient (Wildman–Crippen LogP) is 4.16. The number of aliphatic imine (C=N–C) groups is 1. The number of halogens is 1. The van der Waals surface area contributed by atoms with Crippen LogP contribution in [0.3, 0.4) is 0 Å². The lowest BCUT2D eigenvalue weighted by Gasteiger charge is -2.08. The number of aryl methyl sites for hydroxylation is 1. The number of nitrogens with zero attached hydrogens (tertiary/aromatic N) is 2. The van der Waals surface area contributed by atoms with Gasteiger partial charge in [0.05, 0.1) is 24.4 Å². The Morgan fingerprint density at radius 2 is 2.22 bits per heavy atom. The number of ether oxygens (including phenoxy) is 1. The smallest absolute Gasteiger partial charge is 0.193 e. The van der Waals surface area contributed by atoms with Crippen molar-refractivity contribution in [3.8, 4) is 5.75 Å². The summed E-state index contributed by atoms with van der Waals surface area (Å²) >= 11 is 7.74. The first-order valence-electron chi connectivity index (χ1n) is 7.27. The normalized spacial score (nSPS) is 11.8. The van der Waals surface area contributed by atoms with Crippen LogP contribution in [-0.4, -0.2) is 18.1 Å². The molecule has 7 heteroatoms. The Hall–Kier alpha value is -1.79. The molecule has 0 aliphatic rings. The highest BCUT2D eigenvalue weighted by Gasteiger charge is 2.10. The van der Waals surface area contributed by atoms with Crippen molar-refractivity contribution in [2.45, 2.75) is 33.2 Å². The number of hydrogen-bond acceptors (Lipinski definition) is 4. The molecule has 5 nitrogen and oxygen atoms in total. The van der Waals surface area contributed by atoms with Gasteiger partial charge in [0.1, 0.15) is 10.8 Å². The molecular weight excluding hydrogens is 332 g/mol. The summed E-state index contributed by atoms with van der Waals surface area (Å²) in [4.78, 5) is 10.2. The van der Waals surface area contributed by atoms with Crippen LogP contribution >= 0.6 is 22.9 Å². The van der Waals surface area contributed by atoms with E-state index >= 15 is 0 Å². The van der Waals surface area contributed by atoms with Gasteiger partial charge in [-0.15, -0.1) is 11.3 Å². The highest BCUT2D eigenvalue weighted by molar-refractivity contribution is 7.11. The van der Waals surface area contributed by atoms with Crippen LogP contribution in [0.25, 0.3) is 0 Å². The van der Waals surface area contributed by atoms with Crippen LogP contribution in [0.4, 0.5) is 5.69 Å². The predicted molar refractivity (Wildman–Crippen MR) is 97.9 cm³/mol. The van der Waals surface area contributed by atoms with Gasteiger partial charge in [-0.3, -0.25) is 0 Å². The Labute approximate surface area is 145 Å². The number of anilines is 1. The molecule has 0 bridgehead atoms. The van der Waals surface area contributed by atoms with E-state index in [2.05, 4.69) is 36.1 Å². The number of aromatic nitrogens is 1. The molecule has 23 heavy (non-hydrogen) atoms. The molecule has 0 amide bonds. The molecule has 0 spiro atoms. The topological polar surface area (TPSA) is 72.5 Å². The molecule has 0 unspecified atom stereocenters. The monoisotopic (exact) mass is 352 g/mol. The number of benzene rings is 1. The van der Waals surface area contributed by atoms with Crippen molar-refractivity contribution >= 4 is 34.6 Å². The van der Waals surface area contributed by atoms with Gasteiger partial charge in [-0.2, -0.15) is 0 Å². The van der Waals surface area contributed by atoms with Crippen LogP contribution in [0.1, 0.15) is 35.3 Å². The van der Waals surface area contributed by atoms with Gasteiger partial charge < -0.3 is 15.8 Å². The van der Waals surface area contributed by atoms with Gasteiger partial charge in [0, 0.05) is 10.6 Å². The van der Waals surface area contributed by atoms with E-state index in [1.54, 1.807) is 30.6 Å². The van der Waals surface area contributed by atoms with Gasteiger partial charge in [-0.25, -0.2) is 9.98 Å². The summed E-state index contributed by atoms with van der Waals surface area (Å²) in [7, 11) is 1.57. The van der Waals surface area contributed by atoms with Crippen LogP contribution in [0.2, 0.25) is 5.02 Å². The largest absolute Gasteiger partial charge is 0.495 e. The number of nitrogens with two attached hydrogens (primary N) is 1. The summed E-state index contributed by atoms with van der Waals surface area (Å²) < 4.78 is 5.11. The average Bonchev–Trinajstić information content (AvgIpc) is 2.87. The minimum absolute atomic E-state index is 0.324. The second-order valence-corrected chi connectivity index (χ2v) is 7.07. The fraction of sp³-hybridized carbons (Fsp3) is 0.375. The maximum absolute atomic E-state index is 6.08. The molecule has 2 rings (SSSR count). The fourth-order valence-electron chi connectivity index (χ4n) is 2.15. The van der Waals surface area contributed by atoms with Gasteiger partial charge >= 0.3 is 0 Å². The van der Waals surface area contributed by atoms with E-state index in [-0.39, 0.29) is 0 Å². The van der Waals surface area contributed by atoms with E-state index in [4.69, 9.17) is 22.1 Å². The number of hydrogen-bond donors (Lipinski definition) is 2. The van der Waals surface area contributed by atoms with Crippen molar-refractivity contribution in [3.05, 3.63) is 38.8 Å². The van der Waals surface area contributed by atoms with Crippen LogP contribution in [0.5, 0.6) is 5.75 Å². The second kappa shape index (κ2) is 7.66. The Bertz CT molecular complexity index is 712. The molecule has 0 saturated heterocycles. The van der Waals surface area contributed by atoms with Crippen molar-refractivity contribution < 1.29 is 4.74 Å². The first-order valence-corrected chi connectivity index (χ1v) is 8.46. The molecule has 1 aromatic heterocycles. The van der Waals surface area contributed by atoms with Crippen molar-refractivity contribution in [2.75, 3.05) is 12.4 Å². The summed E-state index contributed by atoms with van der Waals surface area (Å²) in [5.74, 6) is 1.36. The minimum atomic E-state index is 0.324. The van der Waals surface area contributed by atoms with Crippen LogP contribution in [-0.2, 0) is 6.54 Å². The maximum Gasteiger partial charge on any atom is 0.193 e. The van der Waals surface area contributed by atoms with E-state index in [0.717, 1.165) is 16.4 Å². The van der Waals surface area contributed by atoms with Crippen molar-refractivity contribution in [1.29, 1.82) is 0 Å². The Kier molecular flexibility index (Phi) is 5.85. The molecular formula is C16H21ClN4OS. The molecule has 2 aromatic rings. The van der Waals surface area contributed by atoms with Crippen molar-refractivity contribution in [3.63, 3.8) is 0 Å². The van der Waals surface area contributed by atoms with Crippen molar-refractivity contribution in [1.82, 2.24) is 4.98 Å². The van der Waals surface area contributed by atoms with Gasteiger partial charge in [-0.1, -0.05) is 25.4 Å². The van der Waals surface area contributed by atoms with Gasteiger partial charge in [0.15, 0.2) is 5.96 Å². The zero-order chi connectivity index (χ0) is 17.0. The van der Waals surface area contributed by atoms with E-state index < -0.39 is 0 Å². The first-order chi connectivity index (χ1) is 10.9. The summed E-state index contributed by atoms with van der Waals surface area (Å²) in [5, 5.41) is 4.49. The summed E-state index contributed by atoms with van der Waals surface area (Å²) in [6.45, 7) is 6.82. The van der Waals surface area contributed by atoms with Crippen LogP contribution < -0.4 is 15.8 Å². The first kappa shape index (κ1) is 17.6. The molecule has 0 aliphatic carbocycles. The van der Waals surface area contributed by atoms with Crippen molar-refractivity contribution in [2.24, 2.45) is 10.7 Å². The Morgan fingerprint density at radius 3 is 2.78 bits per heavy atom. The van der Waals surface area contributed by atoms with E-state index in [9.17, 15) is 0 Å². The van der Waals surface area contributed by atoms with E-state index in [0.29, 0.717) is 29.2 Å². The lowest BCUT2D eigenvalue weighted by molar-refractivity contribution is 0.415. The fourth-order valence-corrected chi connectivity index (χ4v) is 3.42. The number of thiazole rings is 1. The highest BCUT2D eigenvalue weighted by atomic mass is 35.5. The standard InChI is InChI=1S/C16H21ClN4OS/c1-9(2)15-10(3)23-14(21-15)8-19-16(18)20-11-5-6-13(22-4)12(17)7-11/h5-7,9H,8H2,1-4H3,(H3,18,19,20). The Morgan fingerprint density at radius 1 is 1.48 bits per heavy atom. The van der Waals surface area contributed by atoms with Gasteiger partial charge in [0.2, 0.25) is 0 Å². The van der Waals surface area contributed by atoms with E-state index in [1.807, 2.05) is 6.07 Å². The number of guanidine groups is 1. The average molecular weight is 353 g/mol. The van der Waals surface area contributed by atoms with E-state index in [1.165, 1.54) is 4.88 Å². The molecule has 1 aromatic carbocycles. The number of methoxy groups -OCH3 is 1. The zero-order valence-corrected chi connectivity index (χ0v) is 15.3. The summed E-state index contributed by atoms with van der Waals surface area (Å²) in [6, 6.07) is 5.35. The lowest BCUT2D eigenvalue weighted by atomic mass is 10.1. The summed E-state index contributed by atoms with van der Waals surface area (Å²) in [6.07, 6.45) is 0. The zero-order valence-electron chi connectivity index (χ0n) is 13.7. The minimum Gasteiger partial charge on any atom is -0.495 e. The third-order valence-electron chi connectivity index (χ3n) is 3.23. The number of nitrogens with one attached hydrogen (secondary N) is 1. The molecule has 0 aliphatic heterocycles. The molecule has 1 heterocycles. The third-order valence-corrected chi connectivity index (χ3v) is 4.50. The van der Waals surface area contributed by atoms with Crippen LogP contribution in [0, 0.1) is 6.92 Å². The summed E-state index contributed by atoms with van der Waals surface area (Å²) in [5.41, 5.74) is 7.81. The maximum atomic E-state index is 6.08. The highest BCUT2D eigenvalue weighted by Crippen LogP contribution is 2.27. The third kappa shape index (κ3) is 4.59. The SMILES string of the molecule is COc1ccc(NC(N)=NCc2nc(C(C)C)c(C)s2)cc1Cl. The van der Waals surface area contributed by atoms with Gasteiger partial charge in [0.25, 0.3) is 0 Å². The van der Waals surface area contributed by atoms with Crippen LogP contribution in [0.15, 0.2) is 23.2 Å². The molecule has 124 valence electrons. The molecule has 0 radical (unpaired) electrons. The Balaban J connectivity index is 2.03. The molecule has 0 atom stereocenters. The van der Waals surface area contributed by atoms with Gasteiger partial charge in [-0.05, 0) is 31.0 Å². The molecule has 0 saturated carbocycles.